The lowest BCUT2D eigenvalue weighted by Gasteiger charge is -2.11. The molecule has 7 nitrogen and oxygen atoms in total. The Labute approximate surface area is 149 Å². The lowest BCUT2D eigenvalue weighted by molar-refractivity contribution is -0.118. The number of hydrogen-bond donors (Lipinski definition) is 1. The second-order valence-electron chi connectivity index (χ2n) is 5.53. The van der Waals surface area contributed by atoms with Crippen molar-refractivity contribution in [1.82, 2.24) is 9.97 Å². The molecule has 0 fully saturated rings. The molecule has 10 heteroatoms. The van der Waals surface area contributed by atoms with Crippen molar-refractivity contribution in [3.8, 4) is 16.8 Å². The third-order valence-corrected chi connectivity index (χ3v) is 5.93. The molecule has 0 aliphatic rings. The van der Waals surface area contributed by atoms with Gasteiger partial charge in [0.2, 0.25) is 12.1 Å². The summed E-state index contributed by atoms with van der Waals surface area (Å²) in [4.78, 5) is 20.4. The highest BCUT2D eigenvalue weighted by molar-refractivity contribution is 7.93. The molecule has 0 bridgehead atoms. The highest BCUT2D eigenvalue weighted by Crippen LogP contribution is 2.31. The average Bonchev–Trinajstić information content (AvgIpc) is 2.87. The molecule has 0 aromatic carbocycles. The van der Waals surface area contributed by atoms with Gasteiger partial charge in [-0.2, -0.15) is 5.26 Å². The monoisotopic (exact) mass is 381 g/mol. The van der Waals surface area contributed by atoms with Gasteiger partial charge in [0.25, 0.3) is 0 Å². The van der Waals surface area contributed by atoms with E-state index in [-0.39, 0.29) is 11.7 Å². The van der Waals surface area contributed by atoms with Crippen molar-refractivity contribution in [1.29, 1.82) is 5.26 Å². The molecule has 2 aromatic rings. The Morgan fingerprint density at radius 3 is 2.92 bits per heavy atom. The number of nitrogens with zero attached hydrogens (tertiary/aromatic N) is 4. The van der Waals surface area contributed by atoms with E-state index < -0.39 is 21.5 Å². The van der Waals surface area contributed by atoms with Gasteiger partial charge in [0.1, 0.15) is 15.8 Å². The molecule has 2 rings (SSSR count). The van der Waals surface area contributed by atoms with Crippen molar-refractivity contribution in [3.63, 3.8) is 0 Å². The number of pyridine rings is 1. The van der Waals surface area contributed by atoms with Crippen LogP contribution in [0.2, 0.25) is 0 Å². The number of halogens is 1. The number of nitrogens with one attached hydrogen (secondary N) is 1. The number of nitriles is 1. The van der Waals surface area contributed by atoms with E-state index >= 15 is 0 Å². The van der Waals surface area contributed by atoms with Gasteiger partial charge in [-0.3, -0.25) is 9.78 Å². The Morgan fingerprint density at radius 2 is 2.28 bits per heavy atom. The van der Waals surface area contributed by atoms with E-state index in [9.17, 15) is 13.4 Å². The van der Waals surface area contributed by atoms with Crippen molar-refractivity contribution >= 4 is 32.0 Å². The molecule has 1 amide bonds. The number of carbonyl (C=O) groups is 1. The number of thiazole rings is 1. The summed E-state index contributed by atoms with van der Waals surface area (Å²) in [5.74, 6) is -1.44. The predicted octanol–water partition coefficient (Wildman–Crippen LogP) is 2.81. The van der Waals surface area contributed by atoms with Gasteiger partial charge in [-0.05, 0) is 13.0 Å². The molecule has 132 valence electrons. The van der Waals surface area contributed by atoms with Crippen molar-refractivity contribution in [2.24, 2.45) is 10.3 Å². The maximum Gasteiger partial charge on any atom is 0.228 e. The second-order valence-corrected chi connectivity index (χ2v) is 8.97. The van der Waals surface area contributed by atoms with Gasteiger partial charge in [0.05, 0.1) is 21.6 Å². The third-order valence-electron chi connectivity index (χ3n) is 3.23. The topological polar surface area (TPSA) is 108 Å². The number of rotatable bonds is 5. The molecule has 25 heavy (non-hydrogen) atoms. The first-order valence-corrected chi connectivity index (χ1v) is 10.1. The first-order chi connectivity index (χ1) is 11.7. The fourth-order valence-electron chi connectivity index (χ4n) is 2.06. The molecule has 2 unspecified atom stereocenters. The fraction of sp³-hybridized carbons (Fsp3) is 0.333. The number of anilines is 1. The molecule has 2 atom stereocenters. The van der Waals surface area contributed by atoms with Crippen molar-refractivity contribution in [2.45, 2.75) is 13.8 Å². The maximum absolute atomic E-state index is 13.3. The first kappa shape index (κ1) is 19.0. The molecule has 0 aliphatic heterocycles. The quantitative estimate of drug-likeness (QED) is 0.801. The molecule has 0 spiro atoms. The van der Waals surface area contributed by atoms with E-state index in [1.807, 2.05) is 0 Å². The van der Waals surface area contributed by atoms with Crippen molar-refractivity contribution in [3.05, 3.63) is 30.0 Å². The second kappa shape index (κ2) is 7.67. The summed E-state index contributed by atoms with van der Waals surface area (Å²) in [7, 11) is -2.73. The molecule has 0 radical (unpaired) electrons. The molecule has 1 N–H and O–H groups in total. The predicted molar refractivity (Wildman–Crippen MR) is 94.8 cm³/mol. The Hall–Kier alpha value is -2.38. The number of aryl methyl sites for hydroxylation is 1. The van der Waals surface area contributed by atoms with Crippen molar-refractivity contribution < 1.29 is 13.4 Å². The standard InChI is InChI=1S/C15H16FN5O2S2/c1-9(7-25(3,23)19-8-17)13(22)21-14-10(2)20-15(24-14)11-4-12(16)6-18-5-11/h4-6,9H,7H2,1-3H3,(H,21,22). The van der Waals surface area contributed by atoms with Crippen LogP contribution in [-0.2, 0) is 14.5 Å². The van der Waals surface area contributed by atoms with E-state index in [2.05, 4.69) is 19.6 Å². The Morgan fingerprint density at radius 1 is 1.56 bits per heavy atom. The minimum Gasteiger partial charge on any atom is -0.316 e. The highest BCUT2D eigenvalue weighted by atomic mass is 32.2. The summed E-state index contributed by atoms with van der Waals surface area (Å²) in [6, 6.07) is 1.31. The summed E-state index contributed by atoms with van der Waals surface area (Å²) in [6.45, 7) is 3.33. The molecular weight excluding hydrogens is 365 g/mol. The minimum absolute atomic E-state index is 0.0229. The van der Waals surface area contributed by atoms with Crippen molar-refractivity contribution in [2.75, 3.05) is 17.3 Å². The Kier molecular flexibility index (Phi) is 5.81. The largest absolute Gasteiger partial charge is 0.316 e. The number of carbonyl (C=O) groups excluding carboxylic acids is 1. The van der Waals surface area contributed by atoms with E-state index in [1.165, 1.54) is 36.0 Å². The van der Waals surface area contributed by atoms with Gasteiger partial charge >= 0.3 is 0 Å². The summed E-state index contributed by atoms with van der Waals surface area (Å²) >= 11 is 1.20. The van der Waals surface area contributed by atoms with E-state index in [1.54, 1.807) is 13.8 Å². The number of hydrogen-bond acceptors (Lipinski definition) is 7. The van der Waals surface area contributed by atoms with Crippen LogP contribution in [0.1, 0.15) is 12.6 Å². The lowest BCUT2D eigenvalue weighted by atomic mass is 10.2. The van der Waals surface area contributed by atoms with Crippen LogP contribution >= 0.6 is 11.3 Å². The molecule has 0 saturated heterocycles. The lowest BCUT2D eigenvalue weighted by Crippen LogP contribution is -2.26. The fourth-order valence-corrected chi connectivity index (χ4v) is 4.34. The average molecular weight is 381 g/mol. The van der Waals surface area contributed by atoms with Crippen LogP contribution in [0.25, 0.3) is 10.6 Å². The van der Waals surface area contributed by atoms with Gasteiger partial charge in [0, 0.05) is 29.7 Å². The van der Waals surface area contributed by atoms with Crippen LogP contribution in [0, 0.1) is 30.1 Å². The van der Waals surface area contributed by atoms with Crippen LogP contribution < -0.4 is 5.32 Å². The summed E-state index contributed by atoms with van der Waals surface area (Å²) in [5, 5.41) is 12.3. The van der Waals surface area contributed by atoms with Crippen LogP contribution in [0.3, 0.4) is 0 Å². The molecule has 2 heterocycles. The van der Waals surface area contributed by atoms with E-state index in [0.717, 1.165) is 6.20 Å². The SMILES string of the molecule is Cc1nc(-c2cncc(F)c2)sc1NC(=O)C(C)CS(C)(=O)=NC#N. The zero-order chi connectivity index (χ0) is 18.6. The van der Waals surface area contributed by atoms with Gasteiger partial charge in [0.15, 0.2) is 0 Å². The van der Waals surface area contributed by atoms with E-state index in [4.69, 9.17) is 5.26 Å². The van der Waals surface area contributed by atoms with Crippen LogP contribution in [0.4, 0.5) is 9.39 Å². The molecule has 2 aromatic heterocycles. The maximum atomic E-state index is 13.3. The van der Waals surface area contributed by atoms with Gasteiger partial charge in [-0.1, -0.05) is 18.3 Å². The molecule has 0 saturated carbocycles. The first-order valence-electron chi connectivity index (χ1n) is 7.19. The third kappa shape index (κ3) is 5.04. The zero-order valence-electron chi connectivity index (χ0n) is 13.8. The van der Waals surface area contributed by atoms with Gasteiger partial charge in [-0.25, -0.2) is 13.6 Å². The van der Waals surface area contributed by atoms with E-state index in [0.29, 0.717) is 21.3 Å². The number of aromatic nitrogens is 2. The summed E-state index contributed by atoms with van der Waals surface area (Å²) in [5.41, 5.74) is 1.11. The van der Waals surface area contributed by atoms with Crippen LogP contribution in [0.5, 0.6) is 0 Å². The Balaban J connectivity index is 2.16. The Bertz CT molecular complexity index is 957. The minimum atomic E-state index is -2.73. The normalized spacial score (nSPS) is 14.2. The number of amides is 1. The summed E-state index contributed by atoms with van der Waals surface area (Å²) < 4.78 is 28.7. The smallest absolute Gasteiger partial charge is 0.228 e. The summed E-state index contributed by atoms with van der Waals surface area (Å²) in [6.07, 6.45) is 5.44. The van der Waals surface area contributed by atoms with Crippen LogP contribution in [-0.4, -0.2) is 32.1 Å². The van der Waals surface area contributed by atoms with Gasteiger partial charge < -0.3 is 5.32 Å². The van der Waals surface area contributed by atoms with Crippen LogP contribution in [0.15, 0.2) is 22.8 Å². The molecular formula is C15H16FN5O2S2. The van der Waals surface area contributed by atoms with Gasteiger partial charge in [-0.15, -0.1) is 4.36 Å². The highest BCUT2D eigenvalue weighted by Gasteiger charge is 2.20. The molecule has 0 aliphatic carbocycles. The zero-order valence-corrected chi connectivity index (χ0v) is 15.4.